The molecule has 0 amide bonds. The van der Waals surface area contributed by atoms with Gasteiger partial charge < -0.3 is 18.9 Å². The topological polar surface area (TPSA) is 105 Å². The monoisotopic (exact) mass is 1980 g/mol. The fraction of sp³-hybridized carbons (Fsp3) is 0.706. The molecule has 0 N–H and O–H groups in total. The van der Waals surface area contributed by atoms with Crippen LogP contribution in [-0.4, -0.2) is 50.3 Å². The molecule has 0 saturated heterocycles. The standard InChI is InChI=1S/C136H216O8/c1-29-33-37-41-45-49-53-57-61-65-69-73-77-83-89-141-125(137)101-93-107(129(5,6)7)117(108(94-101)130(8,9)10)121-115-105-87-81-82-88-106(105)116(115)122(118-109(131(11,12)13)95-102(96-110(118)132(14,15)16)126(138)142-90-84-78-74-70-66-62-58-54-50-46-42-38-34-30-2)124(120-113(135(23,24)25)99-104(100-114(120)136(26,27)28)128(140)144-92-86-80-76-72-68-64-60-56-52-48-44-40-36-32-4)123(121)119-111(133(17,18)19)97-103(98-112(119)134(20,21)22)127(139)143-91-85-79-75-71-67-63-59-55-51-47-43-39-35-31-3/h81-82,87-88,93-100H,29-80,83-86,89-92H2,1-28H3. The van der Waals surface area contributed by atoms with Crippen LogP contribution in [-0.2, 0) is 62.3 Å². The molecule has 6 aromatic carbocycles. The Kier molecular flexibility index (Phi) is 53.0. The number of esters is 4. The van der Waals surface area contributed by atoms with E-state index in [1.807, 2.05) is 0 Å². The van der Waals surface area contributed by atoms with Gasteiger partial charge in [-0.25, -0.2) is 19.2 Å². The second kappa shape index (κ2) is 61.5. The van der Waals surface area contributed by atoms with E-state index in [1.165, 1.54) is 283 Å². The van der Waals surface area contributed by atoms with Gasteiger partial charge in [-0.1, -0.05) is 552 Å². The largest absolute Gasteiger partial charge is 0.462 e. The van der Waals surface area contributed by atoms with Gasteiger partial charge in [-0.05, 0) is 227 Å². The van der Waals surface area contributed by atoms with E-state index in [9.17, 15) is 0 Å². The molecule has 8 heteroatoms. The zero-order chi connectivity index (χ0) is 106. The Balaban J connectivity index is 1.60. The summed E-state index contributed by atoms with van der Waals surface area (Å²) >= 11 is 0. The highest BCUT2D eigenvalue weighted by Crippen LogP contribution is 2.61. The van der Waals surface area contributed by atoms with Crippen LogP contribution >= 0.6 is 0 Å². The van der Waals surface area contributed by atoms with Crippen LogP contribution in [0.1, 0.15) is 639 Å². The lowest BCUT2D eigenvalue weighted by atomic mass is 9.63. The first-order chi connectivity index (χ1) is 68.3. The van der Waals surface area contributed by atoms with Crippen molar-refractivity contribution in [2.45, 2.75) is 597 Å². The Morgan fingerprint density at radius 2 is 0.299 bits per heavy atom. The van der Waals surface area contributed by atoms with Gasteiger partial charge in [-0.2, -0.15) is 0 Å². The van der Waals surface area contributed by atoms with Gasteiger partial charge in [0.05, 0.1) is 48.7 Å². The van der Waals surface area contributed by atoms with Crippen molar-refractivity contribution in [3.8, 4) is 44.5 Å². The molecule has 0 unspecified atom stereocenters. The molecule has 6 aromatic rings. The van der Waals surface area contributed by atoms with Gasteiger partial charge >= 0.3 is 23.9 Å². The van der Waals surface area contributed by atoms with Crippen molar-refractivity contribution in [3.05, 3.63) is 160 Å². The number of benzene rings is 6. The molecule has 0 fully saturated rings. The minimum atomic E-state index is -0.655. The molecule has 0 bridgehead atoms. The summed E-state index contributed by atoms with van der Waals surface area (Å²) in [4.78, 5) is 63.0. The molecular formula is C136H216O8. The molecule has 7 rings (SSSR count). The Morgan fingerprint density at radius 3 is 0.431 bits per heavy atom. The molecule has 1 aliphatic rings. The Hall–Kier alpha value is -6.80. The fourth-order valence-corrected chi connectivity index (χ4v) is 22.2. The van der Waals surface area contributed by atoms with Gasteiger partial charge in [0.2, 0.25) is 0 Å². The van der Waals surface area contributed by atoms with Crippen molar-refractivity contribution in [2.75, 3.05) is 26.4 Å². The first kappa shape index (κ1) is 124. The molecule has 0 radical (unpaired) electrons. The zero-order valence-electron chi connectivity index (χ0n) is 98.6. The van der Waals surface area contributed by atoms with E-state index in [0.717, 1.165) is 187 Å². The quantitative estimate of drug-likeness (QED) is 0.0211. The van der Waals surface area contributed by atoms with E-state index in [0.29, 0.717) is 48.7 Å². The maximum Gasteiger partial charge on any atom is 0.338 e. The summed E-state index contributed by atoms with van der Waals surface area (Å²) in [5.74, 6) is -1.27. The fourth-order valence-electron chi connectivity index (χ4n) is 22.2. The number of ether oxygens (including phenoxy) is 4. The second-order valence-electron chi connectivity index (χ2n) is 52.5. The predicted molar refractivity (Wildman–Crippen MR) is 622 cm³/mol. The van der Waals surface area contributed by atoms with Crippen LogP contribution in [0.2, 0.25) is 0 Å². The molecule has 0 aromatic heterocycles. The van der Waals surface area contributed by atoms with E-state index in [1.54, 1.807) is 0 Å². The van der Waals surface area contributed by atoms with Gasteiger partial charge in [0.15, 0.2) is 0 Å². The molecular weight excluding hydrogens is 1760 g/mol. The van der Waals surface area contributed by atoms with Crippen LogP contribution in [0.4, 0.5) is 0 Å². The molecule has 808 valence electrons. The third-order valence-electron chi connectivity index (χ3n) is 30.9. The number of carbonyl (C=O) groups is 4. The van der Waals surface area contributed by atoms with Crippen molar-refractivity contribution in [2.24, 2.45) is 0 Å². The lowest BCUT2D eigenvalue weighted by molar-refractivity contribution is 0.0488. The van der Waals surface area contributed by atoms with Gasteiger partial charge in [-0.3, -0.25) is 0 Å². The third kappa shape index (κ3) is 39.5. The zero-order valence-corrected chi connectivity index (χ0v) is 98.6. The normalized spacial score (nSPS) is 12.7. The number of hydrogen-bond donors (Lipinski definition) is 0. The van der Waals surface area contributed by atoms with E-state index in [4.69, 9.17) is 18.9 Å². The highest BCUT2D eigenvalue weighted by Gasteiger charge is 2.43. The number of fused-ring (bicyclic) bond motifs is 2. The SMILES string of the molecule is CCCCCCCCCCCCCCCCOC(=O)c1cc(C(C)(C)C)c(-c2c(-c3c(C(C)(C)C)cc(C(=O)OCCCCCCCCCCCCCCCC)cc3C(C)(C)C)c(-c3c(C(C)(C)C)cc(C(=O)OCCCCCCCCCCCCCCCC)cc3C(C)(C)C)c3c(c2-c2c(C(C)(C)C)cc(C(=O)OCCCCCCCCCCCCCCCC)cc2C(C)(C)C)=c2ccccc2=3)c(C(C)(C)C)c1. The van der Waals surface area contributed by atoms with E-state index >= 15 is 19.2 Å². The third-order valence-corrected chi connectivity index (χ3v) is 30.9. The van der Waals surface area contributed by atoms with Gasteiger partial charge in [-0.15, -0.1) is 0 Å². The summed E-state index contributed by atoms with van der Waals surface area (Å²) in [7, 11) is 0. The number of rotatable bonds is 68. The summed E-state index contributed by atoms with van der Waals surface area (Å²) in [5, 5.41) is 4.45. The minimum Gasteiger partial charge on any atom is -0.462 e. The highest BCUT2D eigenvalue weighted by atomic mass is 16.5. The average molecular weight is 1980 g/mol. The first-order valence-corrected chi connectivity index (χ1v) is 60.1. The molecule has 0 saturated carbocycles. The second-order valence-corrected chi connectivity index (χ2v) is 52.5. The lowest BCUT2D eigenvalue weighted by Gasteiger charge is -2.40. The van der Waals surface area contributed by atoms with Crippen LogP contribution in [0, 0.1) is 20.9 Å². The molecule has 0 spiro atoms. The maximum atomic E-state index is 15.8. The van der Waals surface area contributed by atoms with Crippen LogP contribution in [0.25, 0.3) is 44.5 Å². The minimum absolute atomic E-state index is 0.312. The lowest BCUT2D eigenvalue weighted by Crippen LogP contribution is -2.26. The Bertz CT molecular complexity index is 4610. The summed E-state index contributed by atoms with van der Waals surface area (Å²) < 4.78 is 26.4. The van der Waals surface area contributed by atoms with Crippen molar-refractivity contribution in [1.29, 1.82) is 0 Å². The van der Waals surface area contributed by atoms with Crippen molar-refractivity contribution in [1.82, 2.24) is 0 Å². The number of hydrogen-bond acceptors (Lipinski definition) is 8. The summed E-state index contributed by atoms with van der Waals surface area (Å²) in [6, 6.07) is 26.7. The Morgan fingerprint density at radius 1 is 0.174 bits per heavy atom. The average Bonchev–Trinajstić information content (AvgIpc) is 0.667. The molecule has 1 aliphatic carbocycles. The van der Waals surface area contributed by atoms with Gasteiger partial charge in [0.1, 0.15) is 0 Å². The highest BCUT2D eigenvalue weighted by molar-refractivity contribution is 6.10. The summed E-state index contributed by atoms with van der Waals surface area (Å²) in [5.41, 5.74) is 13.5. The van der Waals surface area contributed by atoms with Crippen LogP contribution in [0.3, 0.4) is 0 Å². The molecule has 144 heavy (non-hydrogen) atoms. The first-order valence-electron chi connectivity index (χ1n) is 60.1. The van der Waals surface area contributed by atoms with Crippen LogP contribution < -0.4 is 0 Å². The van der Waals surface area contributed by atoms with Crippen LogP contribution in [0.15, 0.2) is 72.8 Å². The van der Waals surface area contributed by atoms with E-state index < -0.39 is 43.3 Å². The molecule has 0 atom stereocenters. The van der Waals surface area contributed by atoms with E-state index in [2.05, 4.69) is 267 Å². The van der Waals surface area contributed by atoms with Crippen LogP contribution in [0.5, 0.6) is 0 Å². The predicted octanol–water partition coefficient (Wildman–Crippen LogP) is 42.2. The van der Waals surface area contributed by atoms with Gasteiger partial charge in [0, 0.05) is 0 Å². The molecule has 0 heterocycles. The van der Waals surface area contributed by atoms with Crippen molar-refractivity contribution >= 4 is 23.9 Å². The smallest absolute Gasteiger partial charge is 0.338 e. The maximum absolute atomic E-state index is 15.8. The number of carbonyl (C=O) groups excluding carboxylic acids is 4. The molecule has 0 aliphatic heterocycles. The molecule has 8 nitrogen and oxygen atoms in total. The Labute approximate surface area is 884 Å². The van der Waals surface area contributed by atoms with Gasteiger partial charge in [0.25, 0.3) is 0 Å². The summed E-state index contributed by atoms with van der Waals surface area (Å²) in [6.45, 7) is 66.3. The number of unbranched alkanes of at least 4 members (excludes halogenated alkanes) is 52. The van der Waals surface area contributed by atoms with E-state index in [-0.39, 0.29) is 23.9 Å². The van der Waals surface area contributed by atoms with Crippen molar-refractivity contribution < 1.29 is 38.1 Å². The van der Waals surface area contributed by atoms with Crippen molar-refractivity contribution in [3.63, 3.8) is 0 Å². The summed E-state index contributed by atoms with van der Waals surface area (Å²) in [6.07, 6.45) is 69.6.